The highest BCUT2D eigenvalue weighted by Gasteiger charge is 2.20. The molecule has 1 aliphatic rings. The van der Waals surface area contributed by atoms with Gasteiger partial charge in [0.15, 0.2) is 0 Å². The largest absolute Gasteiger partial charge is 0.359 e. The molecular weight excluding hydrogens is 248 g/mol. The van der Waals surface area contributed by atoms with Crippen molar-refractivity contribution in [3.63, 3.8) is 0 Å². The Balaban J connectivity index is 1.62. The zero-order valence-electron chi connectivity index (χ0n) is 12.0. The number of fused-ring (bicyclic) bond motifs is 1. The number of benzene rings is 1. The van der Waals surface area contributed by atoms with Crippen LogP contribution in [0.2, 0.25) is 0 Å². The van der Waals surface area contributed by atoms with Gasteiger partial charge in [-0.2, -0.15) is 0 Å². The zero-order valence-corrected chi connectivity index (χ0v) is 12.0. The molecule has 3 rings (SSSR count). The lowest BCUT2D eigenvalue weighted by Crippen LogP contribution is -2.31. The van der Waals surface area contributed by atoms with E-state index < -0.39 is 0 Å². The lowest BCUT2D eigenvalue weighted by atomic mass is 9.88. The molecule has 106 valence electrons. The van der Waals surface area contributed by atoms with Gasteiger partial charge in [0.25, 0.3) is 0 Å². The molecule has 0 atom stereocenters. The van der Waals surface area contributed by atoms with Crippen LogP contribution < -0.4 is 5.32 Å². The van der Waals surface area contributed by atoms with Crippen LogP contribution in [0.3, 0.4) is 0 Å². The number of H-pyrrole nitrogens is 1. The number of hydrogen-bond donors (Lipinski definition) is 2. The standard InChI is InChI=1S/C17H22N2O/c1-12-9-15-10-13(7-8-16(15)19-12)11-18-17(20)14-5-3-2-4-6-14/h7-10,14,19H,2-6,11H2,1H3,(H,18,20). The average molecular weight is 270 g/mol. The van der Waals surface area contributed by atoms with E-state index in [9.17, 15) is 4.79 Å². The van der Waals surface area contributed by atoms with Crippen molar-refractivity contribution in [2.45, 2.75) is 45.6 Å². The summed E-state index contributed by atoms with van der Waals surface area (Å²) in [5.74, 6) is 0.469. The Morgan fingerprint density at radius 3 is 2.85 bits per heavy atom. The predicted octanol–water partition coefficient (Wildman–Crippen LogP) is 3.67. The normalized spacial score (nSPS) is 16.4. The summed E-state index contributed by atoms with van der Waals surface area (Å²) in [4.78, 5) is 15.4. The molecule has 1 aromatic carbocycles. The number of aromatic nitrogens is 1. The Labute approximate surface area is 119 Å². The molecule has 0 bridgehead atoms. The molecule has 0 aliphatic heterocycles. The van der Waals surface area contributed by atoms with Gasteiger partial charge in [-0.3, -0.25) is 4.79 Å². The van der Waals surface area contributed by atoms with Crippen LogP contribution in [-0.4, -0.2) is 10.9 Å². The first-order valence-electron chi connectivity index (χ1n) is 7.58. The first-order chi connectivity index (χ1) is 9.72. The molecule has 0 unspecified atom stereocenters. The third-order valence-corrected chi connectivity index (χ3v) is 4.26. The van der Waals surface area contributed by atoms with Gasteiger partial charge in [0, 0.05) is 23.7 Å². The highest BCUT2D eigenvalue weighted by molar-refractivity contribution is 5.81. The molecule has 1 amide bonds. The quantitative estimate of drug-likeness (QED) is 0.878. The van der Waals surface area contributed by atoms with E-state index in [1.807, 2.05) is 0 Å². The minimum Gasteiger partial charge on any atom is -0.359 e. The fourth-order valence-electron chi connectivity index (χ4n) is 3.14. The van der Waals surface area contributed by atoms with Gasteiger partial charge in [0.05, 0.1) is 0 Å². The third-order valence-electron chi connectivity index (χ3n) is 4.26. The van der Waals surface area contributed by atoms with Crippen molar-refractivity contribution in [1.82, 2.24) is 10.3 Å². The SMILES string of the molecule is Cc1cc2cc(CNC(=O)C3CCCCC3)ccc2[nH]1. The van der Waals surface area contributed by atoms with E-state index in [-0.39, 0.29) is 11.8 Å². The van der Waals surface area contributed by atoms with Crippen LogP contribution in [0.25, 0.3) is 10.9 Å². The Morgan fingerprint density at radius 1 is 1.25 bits per heavy atom. The zero-order chi connectivity index (χ0) is 13.9. The van der Waals surface area contributed by atoms with Crippen LogP contribution in [0.4, 0.5) is 0 Å². The second-order valence-electron chi connectivity index (χ2n) is 5.93. The van der Waals surface area contributed by atoms with Crippen molar-refractivity contribution in [3.05, 3.63) is 35.5 Å². The summed E-state index contributed by atoms with van der Waals surface area (Å²) in [7, 11) is 0. The molecule has 2 aromatic rings. The fraction of sp³-hybridized carbons (Fsp3) is 0.471. The monoisotopic (exact) mass is 270 g/mol. The van der Waals surface area contributed by atoms with Crippen molar-refractivity contribution >= 4 is 16.8 Å². The maximum atomic E-state index is 12.1. The summed E-state index contributed by atoms with van der Waals surface area (Å²) >= 11 is 0. The molecule has 20 heavy (non-hydrogen) atoms. The van der Waals surface area contributed by atoms with Crippen molar-refractivity contribution in [1.29, 1.82) is 0 Å². The maximum Gasteiger partial charge on any atom is 0.223 e. The molecular formula is C17H22N2O. The summed E-state index contributed by atoms with van der Waals surface area (Å²) in [6.07, 6.45) is 5.80. The van der Waals surface area contributed by atoms with Gasteiger partial charge in [-0.25, -0.2) is 0 Å². The molecule has 0 spiro atoms. The van der Waals surface area contributed by atoms with Crippen LogP contribution in [-0.2, 0) is 11.3 Å². The minimum atomic E-state index is 0.232. The second-order valence-corrected chi connectivity index (χ2v) is 5.93. The topological polar surface area (TPSA) is 44.9 Å². The number of aromatic amines is 1. The number of nitrogens with one attached hydrogen (secondary N) is 2. The van der Waals surface area contributed by atoms with E-state index in [2.05, 4.69) is 41.5 Å². The smallest absolute Gasteiger partial charge is 0.223 e. The number of carbonyl (C=O) groups is 1. The maximum absolute atomic E-state index is 12.1. The van der Waals surface area contributed by atoms with E-state index in [1.165, 1.54) is 35.9 Å². The molecule has 1 aromatic heterocycles. The molecule has 1 saturated carbocycles. The van der Waals surface area contributed by atoms with Gasteiger partial charge >= 0.3 is 0 Å². The third kappa shape index (κ3) is 2.87. The Morgan fingerprint density at radius 2 is 2.05 bits per heavy atom. The highest BCUT2D eigenvalue weighted by atomic mass is 16.1. The summed E-state index contributed by atoms with van der Waals surface area (Å²) in [5.41, 5.74) is 3.49. The van der Waals surface area contributed by atoms with Gasteiger partial charge in [-0.05, 0) is 48.9 Å². The van der Waals surface area contributed by atoms with Crippen molar-refractivity contribution < 1.29 is 4.79 Å². The summed E-state index contributed by atoms with van der Waals surface area (Å²) < 4.78 is 0. The summed E-state index contributed by atoms with van der Waals surface area (Å²) in [5, 5.41) is 4.31. The van der Waals surface area contributed by atoms with Crippen molar-refractivity contribution in [2.75, 3.05) is 0 Å². The molecule has 0 radical (unpaired) electrons. The van der Waals surface area contributed by atoms with Gasteiger partial charge in [-0.15, -0.1) is 0 Å². The molecule has 1 fully saturated rings. The fourth-order valence-corrected chi connectivity index (χ4v) is 3.14. The summed E-state index contributed by atoms with van der Waals surface area (Å²) in [6, 6.07) is 8.46. The summed E-state index contributed by atoms with van der Waals surface area (Å²) in [6.45, 7) is 2.69. The number of amides is 1. The Bertz CT molecular complexity index is 608. The van der Waals surface area contributed by atoms with Gasteiger partial charge in [-0.1, -0.05) is 25.3 Å². The van der Waals surface area contributed by atoms with E-state index in [0.717, 1.165) is 18.4 Å². The van der Waals surface area contributed by atoms with Crippen molar-refractivity contribution in [2.24, 2.45) is 5.92 Å². The van der Waals surface area contributed by atoms with E-state index in [0.29, 0.717) is 6.54 Å². The Kier molecular flexibility index (Phi) is 3.77. The number of hydrogen-bond acceptors (Lipinski definition) is 1. The van der Waals surface area contributed by atoms with E-state index in [4.69, 9.17) is 0 Å². The lowest BCUT2D eigenvalue weighted by molar-refractivity contribution is -0.126. The van der Waals surface area contributed by atoms with Crippen LogP contribution in [0.5, 0.6) is 0 Å². The molecule has 3 heteroatoms. The minimum absolute atomic E-state index is 0.232. The molecule has 1 heterocycles. The predicted molar refractivity (Wildman–Crippen MR) is 81.5 cm³/mol. The molecule has 1 aliphatic carbocycles. The van der Waals surface area contributed by atoms with Crippen LogP contribution >= 0.6 is 0 Å². The highest BCUT2D eigenvalue weighted by Crippen LogP contribution is 2.24. The first kappa shape index (κ1) is 13.2. The van der Waals surface area contributed by atoms with E-state index in [1.54, 1.807) is 0 Å². The molecule has 0 saturated heterocycles. The van der Waals surface area contributed by atoms with Crippen molar-refractivity contribution in [3.8, 4) is 0 Å². The second kappa shape index (κ2) is 5.70. The number of aryl methyl sites for hydroxylation is 1. The van der Waals surface area contributed by atoms with E-state index >= 15 is 0 Å². The molecule has 3 nitrogen and oxygen atoms in total. The lowest BCUT2D eigenvalue weighted by Gasteiger charge is -2.20. The van der Waals surface area contributed by atoms with Crippen LogP contribution in [0.1, 0.15) is 43.4 Å². The van der Waals surface area contributed by atoms with Gasteiger partial charge < -0.3 is 10.3 Å². The molecule has 2 N–H and O–H groups in total. The van der Waals surface area contributed by atoms with Gasteiger partial charge in [0.1, 0.15) is 0 Å². The van der Waals surface area contributed by atoms with Crippen LogP contribution in [0.15, 0.2) is 24.3 Å². The van der Waals surface area contributed by atoms with Gasteiger partial charge in [0.2, 0.25) is 5.91 Å². The first-order valence-corrected chi connectivity index (χ1v) is 7.58. The Hall–Kier alpha value is -1.77. The number of rotatable bonds is 3. The average Bonchev–Trinajstić information content (AvgIpc) is 2.85. The number of carbonyl (C=O) groups excluding carboxylic acids is 1. The van der Waals surface area contributed by atoms with Crippen LogP contribution in [0, 0.1) is 12.8 Å².